The normalized spacial score (nSPS) is 10.5. The molecule has 2 N–H and O–H groups in total. The van der Waals surface area contributed by atoms with Gasteiger partial charge in [0.05, 0.1) is 7.11 Å². The van der Waals surface area contributed by atoms with Gasteiger partial charge in [-0.05, 0) is 48.4 Å². The minimum Gasteiger partial charge on any atom is -0.497 e. The number of nitrogens with zero attached hydrogens (tertiary/aromatic N) is 2. The molecule has 0 fully saturated rings. The first-order valence-corrected chi connectivity index (χ1v) is 9.70. The number of rotatable bonds is 9. The van der Waals surface area contributed by atoms with Crippen LogP contribution >= 0.6 is 11.6 Å². The van der Waals surface area contributed by atoms with E-state index in [1.54, 1.807) is 31.4 Å². The summed E-state index contributed by atoms with van der Waals surface area (Å²) in [7, 11) is 1.61. The number of hydrogen-bond acceptors (Lipinski definition) is 6. The molecule has 0 aliphatic rings. The molecule has 0 aliphatic carbocycles. The van der Waals surface area contributed by atoms with Crippen LogP contribution in [0.5, 0.6) is 5.75 Å². The third-order valence-electron chi connectivity index (χ3n) is 4.26. The molecule has 0 unspecified atom stereocenters. The summed E-state index contributed by atoms with van der Waals surface area (Å²) in [5, 5.41) is 9.77. The molecule has 0 bridgehead atoms. The van der Waals surface area contributed by atoms with Crippen molar-refractivity contribution in [3.63, 3.8) is 0 Å². The van der Waals surface area contributed by atoms with Crippen LogP contribution in [-0.2, 0) is 11.2 Å². The Balaban J connectivity index is 1.37. The third-order valence-corrected chi connectivity index (χ3v) is 4.51. The number of carbonyl (C=O) groups excluding carboxylic acids is 2. The van der Waals surface area contributed by atoms with E-state index in [0.717, 1.165) is 11.3 Å². The highest BCUT2D eigenvalue weighted by molar-refractivity contribution is 6.30. The highest BCUT2D eigenvalue weighted by Crippen LogP contribution is 2.18. The number of benzene rings is 2. The number of methoxy groups -OCH3 is 1. The molecule has 0 saturated carbocycles. The molecule has 2 aromatic carbocycles. The van der Waals surface area contributed by atoms with Crippen LogP contribution in [0.1, 0.15) is 22.7 Å². The minimum atomic E-state index is -0.504. The van der Waals surface area contributed by atoms with Crippen LogP contribution in [0, 0.1) is 0 Å². The Morgan fingerprint density at radius 3 is 2.43 bits per heavy atom. The first-order chi connectivity index (χ1) is 14.5. The molecule has 3 aromatic rings. The van der Waals surface area contributed by atoms with Gasteiger partial charge in [-0.1, -0.05) is 28.9 Å². The zero-order chi connectivity index (χ0) is 21.3. The Morgan fingerprint density at radius 1 is 1.03 bits per heavy atom. The summed E-state index contributed by atoms with van der Waals surface area (Å²) in [6, 6.07) is 14.4. The van der Waals surface area contributed by atoms with Gasteiger partial charge in [-0.25, -0.2) is 0 Å². The van der Waals surface area contributed by atoms with E-state index in [-0.39, 0.29) is 18.3 Å². The summed E-state index contributed by atoms with van der Waals surface area (Å²) in [5.41, 5.74) is 1.73. The molecule has 0 atom stereocenters. The lowest BCUT2D eigenvalue weighted by Gasteiger charge is -2.06. The lowest BCUT2D eigenvalue weighted by Crippen LogP contribution is -2.34. The molecule has 0 radical (unpaired) electrons. The number of halogens is 1. The van der Waals surface area contributed by atoms with Crippen LogP contribution in [0.15, 0.2) is 53.1 Å². The van der Waals surface area contributed by atoms with Crippen molar-refractivity contribution in [2.45, 2.75) is 12.8 Å². The third kappa shape index (κ3) is 6.05. The smallest absolute Gasteiger partial charge is 0.316 e. The Morgan fingerprint density at radius 2 is 1.73 bits per heavy atom. The molecule has 30 heavy (non-hydrogen) atoms. The van der Waals surface area contributed by atoms with Crippen molar-refractivity contribution in [3.8, 4) is 17.1 Å². The average molecular weight is 429 g/mol. The predicted octanol–water partition coefficient (Wildman–Crippen LogP) is 2.88. The van der Waals surface area contributed by atoms with Crippen molar-refractivity contribution in [1.29, 1.82) is 0 Å². The van der Waals surface area contributed by atoms with Crippen LogP contribution in [-0.4, -0.2) is 42.2 Å². The average Bonchev–Trinajstić information content (AvgIpc) is 3.26. The molecule has 0 spiro atoms. The lowest BCUT2D eigenvalue weighted by molar-refractivity contribution is -0.121. The molecular formula is C21H21ClN4O4. The van der Waals surface area contributed by atoms with Crippen LogP contribution in [0.3, 0.4) is 0 Å². The number of aryl methyl sites for hydroxylation is 1. The van der Waals surface area contributed by atoms with Crippen LogP contribution in [0.4, 0.5) is 0 Å². The highest BCUT2D eigenvalue weighted by Gasteiger charge is 2.15. The van der Waals surface area contributed by atoms with E-state index in [0.29, 0.717) is 35.8 Å². The fourth-order valence-electron chi connectivity index (χ4n) is 2.62. The Hall–Kier alpha value is -3.39. The van der Waals surface area contributed by atoms with Crippen molar-refractivity contribution >= 4 is 23.4 Å². The molecule has 8 nitrogen and oxygen atoms in total. The molecule has 0 saturated heterocycles. The molecule has 0 aliphatic heterocycles. The van der Waals surface area contributed by atoms with Crippen molar-refractivity contribution in [2.75, 3.05) is 20.2 Å². The number of carbonyl (C=O) groups is 2. The van der Waals surface area contributed by atoms with Gasteiger partial charge in [0.25, 0.3) is 0 Å². The Bertz CT molecular complexity index is 987. The summed E-state index contributed by atoms with van der Waals surface area (Å²) in [6.07, 6.45) is 0.978. The fourth-order valence-corrected chi connectivity index (χ4v) is 2.75. The second kappa shape index (κ2) is 10.4. The standard InChI is InChI=1S/C21H21ClN4O4/c1-29-17-9-2-14(3-10-17)4-11-18(27)23-12-13-24-20(28)21-25-19(26-30-21)15-5-7-16(22)8-6-15/h2-3,5-10H,4,11-13H2,1H3,(H,23,27)(H,24,28). The quantitative estimate of drug-likeness (QED) is 0.507. The molecule has 9 heteroatoms. The lowest BCUT2D eigenvalue weighted by atomic mass is 10.1. The van der Waals surface area contributed by atoms with E-state index in [1.807, 2.05) is 24.3 Å². The second-order valence-electron chi connectivity index (χ2n) is 6.38. The molecule has 1 heterocycles. The van der Waals surface area contributed by atoms with Crippen LogP contribution < -0.4 is 15.4 Å². The minimum absolute atomic E-state index is 0.0946. The second-order valence-corrected chi connectivity index (χ2v) is 6.82. The predicted molar refractivity (Wildman–Crippen MR) is 111 cm³/mol. The van der Waals surface area contributed by atoms with E-state index in [9.17, 15) is 9.59 Å². The van der Waals surface area contributed by atoms with Gasteiger partial charge in [-0.15, -0.1) is 0 Å². The van der Waals surface area contributed by atoms with E-state index in [4.69, 9.17) is 20.9 Å². The zero-order valence-corrected chi connectivity index (χ0v) is 17.1. The molecule has 3 rings (SSSR count). The van der Waals surface area contributed by atoms with Crippen molar-refractivity contribution < 1.29 is 18.8 Å². The largest absolute Gasteiger partial charge is 0.497 e. The van der Waals surface area contributed by atoms with Crippen LogP contribution in [0.25, 0.3) is 11.4 Å². The maximum absolute atomic E-state index is 12.1. The summed E-state index contributed by atoms with van der Waals surface area (Å²) >= 11 is 5.85. The topological polar surface area (TPSA) is 106 Å². The number of aromatic nitrogens is 2. The van der Waals surface area contributed by atoms with E-state index in [2.05, 4.69) is 20.8 Å². The van der Waals surface area contributed by atoms with Crippen molar-refractivity contribution in [1.82, 2.24) is 20.8 Å². The van der Waals surface area contributed by atoms with Crippen molar-refractivity contribution in [3.05, 3.63) is 65.0 Å². The van der Waals surface area contributed by atoms with Gasteiger partial charge in [0.2, 0.25) is 11.7 Å². The Labute approximate surface area is 178 Å². The van der Waals surface area contributed by atoms with Crippen molar-refractivity contribution in [2.24, 2.45) is 0 Å². The molecule has 2 amide bonds. The highest BCUT2D eigenvalue weighted by atomic mass is 35.5. The summed E-state index contributed by atoms with van der Waals surface area (Å²) in [5.74, 6) is 0.327. The molecule has 156 valence electrons. The fraction of sp³-hybridized carbons (Fsp3) is 0.238. The summed E-state index contributed by atoms with van der Waals surface area (Å²) < 4.78 is 10.1. The van der Waals surface area contributed by atoms with E-state index >= 15 is 0 Å². The molecular weight excluding hydrogens is 408 g/mol. The first-order valence-electron chi connectivity index (χ1n) is 9.32. The van der Waals surface area contributed by atoms with Gasteiger partial charge in [0.15, 0.2) is 0 Å². The SMILES string of the molecule is COc1ccc(CCC(=O)NCCNC(=O)c2nc(-c3ccc(Cl)cc3)no2)cc1. The van der Waals surface area contributed by atoms with Gasteiger partial charge in [-0.2, -0.15) is 4.98 Å². The van der Waals surface area contributed by atoms with E-state index in [1.165, 1.54) is 0 Å². The Kier molecular flexibility index (Phi) is 7.40. The number of ether oxygens (including phenoxy) is 1. The van der Waals surface area contributed by atoms with Gasteiger partial charge >= 0.3 is 11.8 Å². The number of nitrogens with one attached hydrogen (secondary N) is 2. The van der Waals surface area contributed by atoms with Gasteiger partial charge in [0.1, 0.15) is 5.75 Å². The maximum atomic E-state index is 12.1. The maximum Gasteiger partial charge on any atom is 0.316 e. The summed E-state index contributed by atoms with van der Waals surface area (Å²) in [6.45, 7) is 0.539. The van der Waals surface area contributed by atoms with Gasteiger partial charge < -0.3 is 19.9 Å². The van der Waals surface area contributed by atoms with Crippen LogP contribution in [0.2, 0.25) is 5.02 Å². The number of hydrogen-bond donors (Lipinski definition) is 2. The van der Waals surface area contributed by atoms with E-state index < -0.39 is 5.91 Å². The van der Waals surface area contributed by atoms with Gasteiger partial charge in [0, 0.05) is 30.1 Å². The number of amides is 2. The van der Waals surface area contributed by atoms with Gasteiger partial charge in [-0.3, -0.25) is 9.59 Å². The monoisotopic (exact) mass is 428 g/mol. The summed E-state index contributed by atoms with van der Waals surface area (Å²) in [4.78, 5) is 28.1. The first kappa shape index (κ1) is 21.3. The zero-order valence-electron chi connectivity index (χ0n) is 16.4. The molecule has 1 aromatic heterocycles.